The summed E-state index contributed by atoms with van der Waals surface area (Å²) in [4.78, 5) is 12.1. The second-order valence-electron chi connectivity index (χ2n) is 6.46. The molecule has 1 amide bonds. The maximum Gasteiger partial charge on any atom is 0.241 e. The zero-order valence-corrected chi connectivity index (χ0v) is 16.6. The third kappa shape index (κ3) is 5.49. The minimum Gasteiger partial charge on any atom is -0.354 e. The van der Waals surface area contributed by atoms with Crippen LogP contribution in [0.4, 0.5) is 4.39 Å². The number of benzene rings is 2. The van der Waals surface area contributed by atoms with Crippen molar-refractivity contribution in [3.05, 3.63) is 78.4 Å². The van der Waals surface area contributed by atoms with Crippen LogP contribution in [0.5, 0.6) is 0 Å². The molecule has 0 spiro atoms. The molecule has 0 fully saturated rings. The Morgan fingerprint density at radius 3 is 2.45 bits per heavy atom. The van der Waals surface area contributed by atoms with Crippen LogP contribution < -0.4 is 10.0 Å². The van der Waals surface area contributed by atoms with Crippen molar-refractivity contribution in [2.75, 3.05) is 6.54 Å². The highest BCUT2D eigenvalue weighted by Gasteiger charge is 2.21. The quantitative estimate of drug-likeness (QED) is 0.588. The Labute approximate surface area is 168 Å². The predicted octanol–water partition coefficient (Wildman–Crippen LogP) is 2.04. The zero-order chi connectivity index (χ0) is 20.9. The Balaban J connectivity index is 1.49. The van der Waals surface area contributed by atoms with E-state index in [-0.39, 0.29) is 4.90 Å². The molecule has 2 aromatic carbocycles. The summed E-state index contributed by atoms with van der Waals surface area (Å²) in [6.07, 6.45) is 4.15. The summed E-state index contributed by atoms with van der Waals surface area (Å²) in [6.45, 7) is 1.82. The van der Waals surface area contributed by atoms with Crippen molar-refractivity contribution in [2.24, 2.45) is 0 Å². The summed E-state index contributed by atoms with van der Waals surface area (Å²) in [5, 5.41) is 6.87. The maximum atomic E-state index is 13.0. The van der Waals surface area contributed by atoms with Gasteiger partial charge in [0.15, 0.2) is 0 Å². The van der Waals surface area contributed by atoms with E-state index in [0.717, 1.165) is 35.5 Å². The van der Waals surface area contributed by atoms with Gasteiger partial charge in [-0.2, -0.15) is 9.82 Å². The van der Waals surface area contributed by atoms with Gasteiger partial charge in [0.25, 0.3) is 0 Å². The van der Waals surface area contributed by atoms with E-state index in [1.54, 1.807) is 10.9 Å². The highest BCUT2D eigenvalue weighted by atomic mass is 32.2. The number of halogens is 1. The van der Waals surface area contributed by atoms with Crippen molar-refractivity contribution in [1.29, 1.82) is 0 Å². The predicted molar refractivity (Wildman–Crippen MR) is 106 cm³/mol. The van der Waals surface area contributed by atoms with Gasteiger partial charge in [-0.3, -0.25) is 4.79 Å². The Bertz CT molecular complexity index is 1050. The lowest BCUT2D eigenvalue weighted by atomic mass is 10.1. The fraction of sp³-hybridized carbons (Fsp3) is 0.200. The molecule has 1 aromatic heterocycles. The number of carbonyl (C=O) groups excluding carboxylic acids is 1. The van der Waals surface area contributed by atoms with E-state index >= 15 is 0 Å². The van der Waals surface area contributed by atoms with E-state index in [1.165, 1.54) is 6.92 Å². The van der Waals surface area contributed by atoms with Crippen LogP contribution in [0.15, 0.2) is 71.9 Å². The number of nitrogens with one attached hydrogen (secondary N) is 2. The van der Waals surface area contributed by atoms with E-state index in [0.29, 0.717) is 13.0 Å². The normalized spacial score (nSPS) is 12.5. The molecule has 0 aliphatic carbocycles. The molecule has 3 aromatic rings. The number of hydrogen-bond acceptors (Lipinski definition) is 4. The molecule has 3 rings (SSSR count). The fourth-order valence-corrected chi connectivity index (χ4v) is 3.89. The van der Waals surface area contributed by atoms with Gasteiger partial charge < -0.3 is 5.32 Å². The standard InChI is InChI=1S/C20H21FN4O3S/c1-15(24-29(27,28)19-9-5-17(21)6-10-19)20(26)22-13-11-16-3-7-18(8-4-16)25-14-2-12-23-25/h2-10,12,14-15,24H,11,13H2,1H3,(H,22,26)/t15-/m0/s1. The lowest BCUT2D eigenvalue weighted by Crippen LogP contribution is -2.45. The summed E-state index contributed by atoms with van der Waals surface area (Å²) in [7, 11) is -3.91. The average Bonchev–Trinajstić information content (AvgIpc) is 3.23. The maximum absolute atomic E-state index is 13.0. The number of hydrogen-bond donors (Lipinski definition) is 2. The molecule has 7 nitrogen and oxygen atoms in total. The molecule has 152 valence electrons. The van der Waals surface area contributed by atoms with Crippen molar-refractivity contribution in [3.8, 4) is 5.69 Å². The summed E-state index contributed by atoms with van der Waals surface area (Å²) in [6, 6.07) is 13.0. The summed E-state index contributed by atoms with van der Waals surface area (Å²) < 4.78 is 41.5. The zero-order valence-electron chi connectivity index (χ0n) is 15.7. The molecule has 1 atom stereocenters. The van der Waals surface area contributed by atoms with E-state index in [1.807, 2.05) is 36.5 Å². The largest absolute Gasteiger partial charge is 0.354 e. The second-order valence-corrected chi connectivity index (χ2v) is 8.17. The molecular formula is C20H21FN4O3S. The first-order chi connectivity index (χ1) is 13.8. The number of carbonyl (C=O) groups is 1. The van der Waals surface area contributed by atoms with Crippen LogP contribution >= 0.6 is 0 Å². The van der Waals surface area contributed by atoms with Gasteiger partial charge in [0.05, 0.1) is 16.6 Å². The van der Waals surface area contributed by atoms with Crippen LogP contribution in [0.25, 0.3) is 5.69 Å². The van der Waals surface area contributed by atoms with Crippen LogP contribution in [0.2, 0.25) is 0 Å². The molecule has 0 aliphatic rings. The van der Waals surface area contributed by atoms with Crippen molar-refractivity contribution in [3.63, 3.8) is 0 Å². The van der Waals surface area contributed by atoms with Crippen molar-refractivity contribution in [1.82, 2.24) is 19.8 Å². The molecule has 1 heterocycles. The summed E-state index contributed by atoms with van der Waals surface area (Å²) in [5.74, 6) is -0.976. The Morgan fingerprint density at radius 1 is 1.14 bits per heavy atom. The number of sulfonamides is 1. The topological polar surface area (TPSA) is 93.1 Å². The third-order valence-electron chi connectivity index (χ3n) is 4.27. The Morgan fingerprint density at radius 2 is 1.83 bits per heavy atom. The van der Waals surface area contributed by atoms with Gasteiger partial charge in [-0.25, -0.2) is 17.5 Å². The van der Waals surface area contributed by atoms with Gasteiger partial charge in [0, 0.05) is 18.9 Å². The first-order valence-corrected chi connectivity index (χ1v) is 10.5. The summed E-state index contributed by atoms with van der Waals surface area (Å²) >= 11 is 0. The molecule has 0 aliphatic heterocycles. The summed E-state index contributed by atoms with van der Waals surface area (Å²) in [5.41, 5.74) is 1.97. The van der Waals surface area contributed by atoms with E-state index in [4.69, 9.17) is 0 Å². The van der Waals surface area contributed by atoms with Crippen molar-refractivity contribution >= 4 is 15.9 Å². The average molecular weight is 416 g/mol. The van der Waals surface area contributed by atoms with Crippen molar-refractivity contribution < 1.29 is 17.6 Å². The number of nitrogens with zero attached hydrogens (tertiary/aromatic N) is 2. The number of amides is 1. The van der Waals surface area contributed by atoms with Gasteiger partial charge in [0.2, 0.25) is 15.9 Å². The van der Waals surface area contributed by atoms with Crippen molar-refractivity contribution in [2.45, 2.75) is 24.3 Å². The smallest absolute Gasteiger partial charge is 0.241 e. The highest BCUT2D eigenvalue weighted by molar-refractivity contribution is 7.89. The second kappa shape index (κ2) is 8.97. The molecule has 0 radical (unpaired) electrons. The van der Waals surface area contributed by atoms with E-state index in [2.05, 4.69) is 15.1 Å². The van der Waals surface area contributed by atoms with Gasteiger partial charge in [-0.05, 0) is 61.4 Å². The lowest BCUT2D eigenvalue weighted by molar-refractivity contribution is -0.122. The molecule has 0 unspecified atom stereocenters. The molecular weight excluding hydrogens is 395 g/mol. The number of rotatable bonds is 8. The molecule has 0 bridgehead atoms. The van der Waals surface area contributed by atoms with Crippen LogP contribution in [-0.2, 0) is 21.2 Å². The van der Waals surface area contributed by atoms with Gasteiger partial charge in [0.1, 0.15) is 5.82 Å². The number of aromatic nitrogens is 2. The first-order valence-electron chi connectivity index (χ1n) is 9.00. The SMILES string of the molecule is C[C@H](NS(=O)(=O)c1ccc(F)cc1)C(=O)NCCc1ccc(-n2cccn2)cc1. The van der Waals surface area contributed by atoms with Gasteiger partial charge >= 0.3 is 0 Å². The highest BCUT2D eigenvalue weighted by Crippen LogP contribution is 2.11. The minimum atomic E-state index is -3.91. The van der Waals surface area contributed by atoms with Crippen LogP contribution in [0.3, 0.4) is 0 Å². The third-order valence-corrected chi connectivity index (χ3v) is 5.82. The molecule has 29 heavy (non-hydrogen) atoms. The van der Waals surface area contributed by atoms with E-state index in [9.17, 15) is 17.6 Å². The monoisotopic (exact) mass is 416 g/mol. The lowest BCUT2D eigenvalue weighted by Gasteiger charge is -2.14. The molecule has 0 saturated carbocycles. The van der Waals surface area contributed by atoms with Gasteiger partial charge in [-0.1, -0.05) is 12.1 Å². The van der Waals surface area contributed by atoms with E-state index < -0.39 is 27.8 Å². The Hall–Kier alpha value is -3.04. The fourth-order valence-electron chi connectivity index (χ4n) is 2.69. The van der Waals surface area contributed by atoms with Gasteiger partial charge in [-0.15, -0.1) is 0 Å². The van der Waals surface area contributed by atoms with Crippen LogP contribution in [0.1, 0.15) is 12.5 Å². The molecule has 2 N–H and O–H groups in total. The minimum absolute atomic E-state index is 0.101. The van der Waals surface area contributed by atoms with Crippen LogP contribution in [0, 0.1) is 5.82 Å². The molecule has 0 saturated heterocycles. The first kappa shape index (κ1) is 20.7. The van der Waals surface area contributed by atoms with Crippen LogP contribution in [-0.4, -0.2) is 36.7 Å². The Kier molecular flexibility index (Phi) is 6.40. The molecule has 9 heteroatoms.